The number of alkyl halides is 3. The van der Waals surface area contributed by atoms with Gasteiger partial charge in [0.1, 0.15) is 24.2 Å². The molecule has 0 aliphatic carbocycles. The van der Waals surface area contributed by atoms with E-state index in [1.54, 1.807) is 23.1 Å². The van der Waals surface area contributed by atoms with Gasteiger partial charge in [-0.25, -0.2) is 4.39 Å². The van der Waals surface area contributed by atoms with Crippen LogP contribution in [-0.2, 0) is 6.18 Å². The van der Waals surface area contributed by atoms with E-state index in [0.29, 0.717) is 18.5 Å². The normalized spacial score (nSPS) is 16.4. The number of hydrogen-bond acceptors (Lipinski definition) is 5. The average Bonchev–Trinajstić information content (AvgIpc) is 3.47. The standard InChI is InChI=1S/C23H21F4N5O2/c24-16-8-5-14(6-9-16)3-2-12-33-19-10-7-15(13-17(19)23(25,26)27)20-30-21(34-31-20)18-4-1-11-32(18)22(28)29/h2-3,5-10,13,18H,1,4,11-12H2,(H3,28,29)/b3-2+. The Hall–Kier alpha value is -3.89. The van der Waals surface area contributed by atoms with Crippen molar-refractivity contribution in [1.29, 1.82) is 5.41 Å². The largest absolute Gasteiger partial charge is 0.489 e. The molecule has 0 saturated carbocycles. The smallest absolute Gasteiger partial charge is 0.419 e. The summed E-state index contributed by atoms with van der Waals surface area (Å²) in [6.45, 7) is 0.451. The van der Waals surface area contributed by atoms with Crippen molar-refractivity contribution < 1.29 is 26.8 Å². The first-order valence-electron chi connectivity index (χ1n) is 10.4. The molecule has 178 valence electrons. The van der Waals surface area contributed by atoms with E-state index in [1.807, 2.05) is 0 Å². The number of guanidine groups is 1. The van der Waals surface area contributed by atoms with E-state index in [2.05, 4.69) is 10.1 Å². The fourth-order valence-corrected chi connectivity index (χ4v) is 3.71. The van der Waals surface area contributed by atoms with Crippen LogP contribution in [0.3, 0.4) is 0 Å². The van der Waals surface area contributed by atoms with Crippen molar-refractivity contribution in [2.75, 3.05) is 13.2 Å². The fraction of sp³-hybridized carbons (Fsp3) is 0.261. The van der Waals surface area contributed by atoms with Gasteiger partial charge in [0, 0.05) is 12.1 Å². The highest BCUT2D eigenvalue weighted by Crippen LogP contribution is 2.39. The van der Waals surface area contributed by atoms with Gasteiger partial charge in [0.05, 0.1) is 5.56 Å². The van der Waals surface area contributed by atoms with Crippen LogP contribution in [0.5, 0.6) is 5.75 Å². The molecule has 1 saturated heterocycles. The minimum absolute atomic E-state index is 0.00124. The van der Waals surface area contributed by atoms with E-state index < -0.39 is 11.7 Å². The molecule has 3 N–H and O–H groups in total. The van der Waals surface area contributed by atoms with Gasteiger partial charge in [-0.05, 0) is 54.8 Å². The third kappa shape index (κ3) is 5.19. The molecule has 1 fully saturated rings. The Morgan fingerprint density at radius 3 is 2.71 bits per heavy atom. The monoisotopic (exact) mass is 475 g/mol. The number of likely N-dealkylation sites (tertiary alicyclic amines) is 1. The summed E-state index contributed by atoms with van der Waals surface area (Å²) in [6.07, 6.45) is -0.0884. The summed E-state index contributed by atoms with van der Waals surface area (Å²) in [6, 6.07) is 8.81. The second kappa shape index (κ2) is 9.54. The van der Waals surface area contributed by atoms with Crippen molar-refractivity contribution in [3.05, 3.63) is 71.4 Å². The van der Waals surface area contributed by atoms with Crippen LogP contribution in [0.15, 0.2) is 53.1 Å². The number of benzene rings is 2. The van der Waals surface area contributed by atoms with E-state index in [4.69, 9.17) is 20.4 Å². The maximum atomic E-state index is 13.7. The summed E-state index contributed by atoms with van der Waals surface area (Å²) < 4.78 is 64.7. The highest BCUT2D eigenvalue weighted by Gasteiger charge is 2.36. The first-order valence-corrected chi connectivity index (χ1v) is 10.4. The topological polar surface area (TPSA) is 101 Å². The molecule has 1 aliphatic rings. The molecule has 4 rings (SSSR count). The second-order valence-corrected chi connectivity index (χ2v) is 7.67. The van der Waals surface area contributed by atoms with Crippen LogP contribution in [0.4, 0.5) is 17.6 Å². The summed E-state index contributed by atoms with van der Waals surface area (Å²) in [7, 11) is 0. The molecule has 0 radical (unpaired) electrons. The first-order chi connectivity index (χ1) is 16.2. The lowest BCUT2D eigenvalue weighted by Gasteiger charge is -2.21. The average molecular weight is 475 g/mol. The summed E-state index contributed by atoms with van der Waals surface area (Å²) >= 11 is 0. The molecule has 1 aromatic heterocycles. The molecule has 2 aromatic carbocycles. The van der Waals surface area contributed by atoms with E-state index in [-0.39, 0.29) is 47.5 Å². The molecule has 1 aliphatic heterocycles. The van der Waals surface area contributed by atoms with Crippen LogP contribution >= 0.6 is 0 Å². The van der Waals surface area contributed by atoms with Crippen LogP contribution in [-0.4, -0.2) is 34.2 Å². The van der Waals surface area contributed by atoms with Crippen molar-refractivity contribution in [3.8, 4) is 17.1 Å². The van der Waals surface area contributed by atoms with Gasteiger partial charge in [-0.2, -0.15) is 18.2 Å². The second-order valence-electron chi connectivity index (χ2n) is 7.67. The quantitative estimate of drug-likeness (QED) is 0.295. The van der Waals surface area contributed by atoms with Gasteiger partial charge in [-0.3, -0.25) is 5.41 Å². The molecule has 7 nitrogen and oxygen atoms in total. The zero-order valence-electron chi connectivity index (χ0n) is 17.8. The van der Waals surface area contributed by atoms with Gasteiger partial charge >= 0.3 is 6.18 Å². The van der Waals surface area contributed by atoms with E-state index >= 15 is 0 Å². The molecule has 0 amide bonds. The van der Waals surface area contributed by atoms with Gasteiger partial charge in [0.25, 0.3) is 0 Å². The molecule has 2 heterocycles. The van der Waals surface area contributed by atoms with Crippen LogP contribution in [0.2, 0.25) is 0 Å². The van der Waals surface area contributed by atoms with Gasteiger partial charge < -0.3 is 19.9 Å². The summed E-state index contributed by atoms with van der Waals surface area (Å²) in [4.78, 5) is 5.85. The summed E-state index contributed by atoms with van der Waals surface area (Å²) in [5.74, 6) is -0.656. The van der Waals surface area contributed by atoms with Crippen LogP contribution in [0.25, 0.3) is 17.5 Å². The summed E-state index contributed by atoms with van der Waals surface area (Å²) in [5, 5.41) is 11.5. The van der Waals surface area contributed by atoms with E-state index in [1.165, 1.54) is 30.3 Å². The Bertz CT molecular complexity index is 1190. The molecular formula is C23H21F4N5O2. The number of ether oxygens (including phenoxy) is 1. The number of nitrogens with zero attached hydrogens (tertiary/aromatic N) is 3. The minimum atomic E-state index is -4.67. The van der Waals surface area contributed by atoms with E-state index in [9.17, 15) is 17.6 Å². The highest BCUT2D eigenvalue weighted by molar-refractivity contribution is 5.75. The number of hydrogen-bond donors (Lipinski definition) is 2. The molecule has 34 heavy (non-hydrogen) atoms. The van der Waals surface area contributed by atoms with Gasteiger partial charge in [0.15, 0.2) is 5.96 Å². The van der Waals surface area contributed by atoms with Crippen molar-refractivity contribution >= 4 is 12.0 Å². The molecule has 3 aromatic rings. The number of nitrogens with two attached hydrogens (primary N) is 1. The highest BCUT2D eigenvalue weighted by atomic mass is 19.4. The van der Waals surface area contributed by atoms with Gasteiger partial charge in [-0.1, -0.05) is 23.4 Å². The van der Waals surface area contributed by atoms with Gasteiger partial charge in [-0.15, -0.1) is 0 Å². The number of halogens is 4. The fourth-order valence-electron chi connectivity index (χ4n) is 3.71. The maximum Gasteiger partial charge on any atom is 0.419 e. The van der Waals surface area contributed by atoms with E-state index in [0.717, 1.165) is 12.5 Å². The van der Waals surface area contributed by atoms with Crippen molar-refractivity contribution in [2.24, 2.45) is 5.73 Å². The predicted octanol–water partition coefficient (Wildman–Crippen LogP) is 5.02. The Labute approximate surface area is 192 Å². The van der Waals surface area contributed by atoms with Crippen molar-refractivity contribution in [1.82, 2.24) is 15.0 Å². The van der Waals surface area contributed by atoms with Crippen LogP contribution < -0.4 is 10.5 Å². The maximum absolute atomic E-state index is 13.7. The molecule has 0 bridgehead atoms. The lowest BCUT2D eigenvalue weighted by Crippen LogP contribution is -2.35. The Kier molecular flexibility index (Phi) is 6.53. The number of nitrogens with one attached hydrogen (secondary N) is 1. The molecular weight excluding hydrogens is 454 g/mol. The lowest BCUT2D eigenvalue weighted by molar-refractivity contribution is -0.138. The Morgan fingerprint density at radius 2 is 2.00 bits per heavy atom. The first kappa shape index (κ1) is 23.3. The third-order valence-corrected chi connectivity index (χ3v) is 5.35. The molecule has 1 unspecified atom stereocenters. The lowest BCUT2D eigenvalue weighted by atomic mass is 10.1. The zero-order chi connectivity index (χ0) is 24.3. The Balaban J connectivity index is 1.51. The Morgan fingerprint density at radius 1 is 1.24 bits per heavy atom. The van der Waals surface area contributed by atoms with Crippen LogP contribution in [0.1, 0.15) is 35.9 Å². The molecule has 1 atom stereocenters. The SMILES string of the molecule is N=C(N)N1CCCC1c1nc(-c2ccc(OC/C=C/c3ccc(F)cc3)c(C(F)(F)F)c2)no1. The summed E-state index contributed by atoms with van der Waals surface area (Å²) in [5.41, 5.74) is 5.41. The minimum Gasteiger partial charge on any atom is -0.489 e. The predicted molar refractivity (Wildman–Crippen MR) is 116 cm³/mol. The molecule has 0 spiro atoms. The zero-order valence-corrected chi connectivity index (χ0v) is 17.8. The van der Waals surface area contributed by atoms with Crippen molar-refractivity contribution in [3.63, 3.8) is 0 Å². The van der Waals surface area contributed by atoms with Crippen LogP contribution in [0, 0.1) is 11.2 Å². The van der Waals surface area contributed by atoms with Gasteiger partial charge in [0.2, 0.25) is 11.7 Å². The van der Waals surface area contributed by atoms with Crippen molar-refractivity contribution in [2.45, 2.75) is 25.1 Å². The number of rotatable bonds is 6. The number of aromatic nitrogens is 2. The third-order valence-electron chi connectivity index (χ3n) is 5.35. The molecule has 11 heteroatoms.